The van der Waals surface area contributed by atoms with E-state index in [0.29, 0.717) is 6.61 Å². The van der Waals surface area contributed by atoms with Crippen LogP contribution in [0.5, 0.6) is 0 Å². The largest absolute Gasteiger partial charge is 0.479 e. The first-order valence-electron chi connectivity index (χ1n) is 5.33. The summed E-state index contributed by atoms with van der Waals surface area (Å²) in [7, 11) is 0. The zero-order valence-corrected chi connectivity index (χ0v) is 9.62. The van der Waals surface area contributed by atoms with Crippen LogP contribution in [0.2, 0.25) is 0 Å². The van der Waals surface area contributed by atoms with E-state index in [1.807, 2.05) is 0 Å². The zero-order valence-electron chi connectivity index (χ0n) is 9.62. The Hall–Kier alpha value is -1.63. The van der Waals surface area contributed by atoms with Gasteiger partial charge >= 0.3 is 5.97 Å². The Labute approximate surface area is 98.5 Å². The van der Waals surface area contributed by atoms with Gasteiger partial charge in [-0.25, -0.2) is 4.79 Å². The highest BCUT2D eigenvalue weighted by Crippen LogP contribution is 2.18. The van der Waals surface area contributed by atoms with Crippen LogP contribution in [-0.4, -0.2) is 48.2 Å². The Bertz CT molecular complexity index is 323. The molecule has 1 rings (SSSR count). The van der Waals surface area contributed by atoms with Gasteiger partial charge in [0, 0.05) is 32.9 Å². The van der Waals surface area contributed by atoms with Crippen molar-refractivity contribution in [3.63, 3.8) is 0 Å². The minimum atomic E-state index is -1.31. The Balaban J connectivity index is 2.43. The summed E-state index contributed by atoms with van der Waals surface area (Å²) in [5.74, 6) is -1.73. The minimum Gasteiger partial charge on any atom is -0.479 e. The van der Waals surface area contributed by atoms with E-state index in [9.17, 15) is 14.4 Å². The molecule has 0 radical (unpaired) electrons. The van der Waals surface area contributed by atoms with Gasteiger partial charge in [0.1, 0.15) is 0 Å². The van der Waals surface area contributed by atoms with E-state index in [-0.39, 0.29) is 31.9 Å². The van der Waals surface area contributed by atoms with Crippen molar-refractivity contribution in [1.29, 1.82) is 0 Å². The average molecular weight is 244 g/mol. The van der Waals surface area contributed by atoms with E-state index < -0.39 is 17.4 Å². The number of carboxylic acid groups (broad SMARTS) is 1. The molecule has 1 heterocycles. The summed E-state index contributed by atoms with van der Waals surface area (Å²) in [6, 6.07) is 0. The SMILES string of the molecule is CC(=O)NCCC(=O)NC1(C(=O)O)CCOC1. The molecule has 0 aliphatic carbocycles. The smallest absolute Gasteiger partial charge is 0.331 e. The minimum absolute atomic E-state index is 0.0196. The third kappa shape index (κ3) is 3.70. The van der Waals surface area contributed by atoms with Gasteiger partial charge in [0.2, 0.25) is 11.8 Å². The van der Waals surface area contributed by atoms with Crippen molar-refractivity contribution in [2.24, 2.45) is 0 Å². The van der Waals surface area contributed by atoms with E-state index in [0.717, 1.165) is 0 Å². The fourth-order valence-corrected chi connectivity index (χ4v) is 1.57. The topological polar surface area (TPSA) is 105 Å². The summed E-state index contributed by atoms with van der Waals surface area (Å²) in [5, 5.41) is 14.0. The number of carbonyl (C=O) groups is 3. The number of hydrogen-bond acceptors (Lipinski definition) is 4. The summed E-state index contributed by atoms with van der Waals surface area (Å²) < 4.78 is 5.00. The van der Waals surface area contributed by atoms with E-state index in [2.05, 4.69) is 10.6 Å². The molecule has 0 spiro atoms. The van der Waals surface area contributed by atoms with Gasteiger partial charge in [-0.1, -0.05) is 0 Å². The number of hydrogen-bond donors (Lipinski definition) is 3. The zero-order chi connectivity index (χ0) is 12.9. The van der Waals surface area contributed by atoms with Gasteiger partial charge in [-0.05, 0) is 0 Å². The average Bonchev–Trinajstić information content (AvgIpc) is 2.66. The standard InChI is InChI=1S/C10H16N2O5/c1-7(13)11-4-2-8(14)12-10(9(15)16)3-5-17-6-10/h2-6H2,1H3,(H,11,13)(H,12,14)(H,15,16). The Morgan fingerprint density at radius 2 is 2.12 bits per heavy atom. The summed E-state index contributed by atoms with van der Waals surface area (Å²) in [6.07, 6.45) is 0.308. The molecule has 0 aromatic rings. The lowest BCUT2D eigenvalue weighted by molar-refractivity contribution is -0.147. The number of ether oxygens (including phenoxy) is 1. The van der Waals surface area contributed by atoms with Crippen LogP contribution in [0, 0.1) is 0 Å². The molecule has 1 aliphatic rings. The maximum atomic E-state index is 11.5. The van der Waals surface area contributed by atoms with Crippen molar-refractivity contribution in [3.05, 3.63) is 0 Å². The van der Waals surface area contributed by atoms with Crippen LogP contribution in [0.3, 0.4) is 0 Å². The molecule has 1 aliphatic heterocycles. The normalized spacial score (nSPS) is 23.1. The Morgan fingerprint density at radius 3 is 2.59 bits per heavy atom. The highest BCUT2D eigenvalue weighted by Gasteiger charge is 2.43. The molecule has 0 aromatic heterocycles. The molecular formula is C10H16N2O5. The maximum absolute atomic E-state index is 11.5. The van der Waals surface area contributed by atoms with Gasteiger partial charge in [0.25, 0.3) is 0 Å². The van der Waals surface area contributed by atoms with Crippen LogP contribution < -0.4 is 10.6 Å². The predicted octanol–water partition coefficient (Wildman–Crippen LogP) is -1.13. The third-order valence-electron chi connectivity index (χ3n) is 2.54. The molecule has 1 saturated heterocycles. The molecule has 7 heteroatoms. The fourth-order valence-electron chi connectivity index (χ4n) is 1.57. The first-order chi connectivity index (χ1) is 7.96. The van der Waals surface area contributed by atoms with Crippen molar-refractivity contribution >= 4 is 17.8 Å². The van der Waals surface area contributed by atoms with Crippen molar-refractivity contribution in [2.75, 3.05) is 19.8 Å². The second-order valence-corrected chi connectivity index (χ2v) is 3.97. The molecule has 0 saturated carbocycles. The highest BCUT2D eigenvalue weighted by molar-refractivity contribution is 5.87. The summed E-state index contributed by atoms with van der Waals surface area (Å²) in [5.41, 5.74) is -1.31. The van der Waals surface area contributed by atoms with Crippen LogP contribution in [0.15, 0.2) is 0 Å². The lowest BCUT2D eigenvalue weighted by atomic mass is 9.99. The second-order valence-electron chi connectivity index (χ2n) is 3.97. The van der Waals surface area contributed by atoms with E-state index >= 15 is 0 Å². The Morgan fingerprint density at radius 1 is 1.41 bits per heavy atom. The van der Waals surface area contributed by atoms with Crippen molar-refractivity contribution in [3.8, 4) is 0 Å². The van der Waals surface area contributed by atoms with Crippen molar-refractivity contribution < 1.29 is 24.2 Å². The molecule has 96 valence electrons. The van der Waals surface area contributed by atoms with E-state index in [4.69, 9.17) is 9.84 Å². The number of amides is 2. The predicted molar refractivity (Wildman–Crippen MR) is 57.2 cm³/mol. The quantitative estimate of drug-likeness (QED) is 0.567. The third-order valence-corrected chi connectivity index (χ3v) is 2.54. The lowest BCUT2D eigenvalue weighted by Gasteiger charge is -2.23. The number of nitrogens with one attached hydrogen (secondary N) is 2. The highest BCUT2D eigenvalue weighted by atomic mass is 16.5. The summed E-state index contributed by atoms with van der Waals surface area (Å²) in [4.78, 5) is 33.2. The number of rotatable bonds is 5. The van der Waals surface area contributed by atoms with E-state index in [1.165, 1.54) is 6.92 Å². The summed E-state index contributed by atoms with van der Waals surface area (Å²) >= 11 is 0. The van der Waals surface area contributed by atoms with Gasteiger partial charge in [-0.15, -0.1) is 0 Å². The maximum Gasteiger partial charge on any atom is 0.331 e. The number of carboxylic acids is 1. The molecular weight excluding hydrogens is 228 g/mol. The molecule has 1 fully saturated rings. The Kier molecular flexibility index (Phi) is 4.45. The van der Waals surface area contributed by atoms with Crippen LogP contribution in [0.1, 0.15) is 19.8 Å². The number of aliphatic carboxylic acids is 1. The van der Waals surface area contributed by atoms with Crippen LogP contribution in [0.4, 0.5) is 0 Å². The van der Waals surface area contributed by atoms with Gasteiger partial charge in [0.15, 0.2) is 5.54 Å². The van der Waals surface area contributed by atoms with Crippen LogP contribution >= 0.6 is 0 Å². The second kappa shape index (κ2) is 5.62. The monoisotopic (exact) mass is 244 g/mol. The lowest BCUT2D eigenvalue weighted by Crippen LogP contribution is -2.55. The molecule has 0 aromatic carbocycles. The molecule has 3 N–H and O–H groups in total. The number of carbonyl (C=O) groups excluding carboxylic acids is 2. The van der Waals surface area contributed by atoms with Crippen molar-refractivity contribution in [2.45, 2.75) is 25.3 Å². The first-order valence-corrected chi connectivity index (χ1v) is 5.33. The molecule has 7 nitrogen and oxygen atoms in total. The molecule has 1 atom stereocenters. The summed E-state index contributed by atoms with van der Waals surface area (Å²) in [6.45, 7) is 1.84. The van der Waals surface area contributed by atoms with E-state index in [1.54, 1.807) is 0 Å². The fraction of sp³-hybridized carbons (Fsp3) is 0.700. The van der Waals surface area contributed by atoms with Crippen LogP contribution in [0.25, 0.3) is 0 Å². The van der Waals surface area contributed by atoms with Crippen molar-refractivity contribution in [1.82, 2.24) is 10.6 Å². The van der Waals surface area contributed by atoms with Gasteiger partial charge in [-0.2, -0.15) is 0 Å². The van der Waals surface area contributed by atoms with Gasteiger partial charge < -0.3 is 20.5 Å². The first kappa shape index (κ1) is 13.4. The molecule has 0 bridgehead atoms. The molecule has 1 unspecified atom stereocenters. The van der Waals surface area contributed by atoms with Crippen LogP contribution in [-0.2, 0) is 19.1 Å². The molecule has 17 heavy (non-hydrogen) atoms. The van der Waals surface area contributed by atoms with Gasteiger partial charge in [-0.3, -0.25) is 9.59 Å². The molecule has 2 amide bonds. The van der Waals surface area contributed by atoms with Gasteiger partial charge in [0.05, 0.1) is 6.61 Å².